The van der Waals surface area contributed by atoms with Crippen molar-refractivity contribution in [3.8, 4) is 17.2 Å². The van der Waals surface area contributed by atoms with Crippen LogP contribution in [0.3, 0.4) is 0 Å². The molecule has 1 unspecified atom stereocenters. The number of aliphatic carboxylic acids is 1. The molecule has 2 rings (SSSR count). The predicted octanol–water partition coefficient (Wildman–Crippen LogP) is 1.31. The fraction of sp³-hybridized carbons (Fsp3) is 0.467. The molecule has 1 aromatic rings. The fourth-order valence-corrected chi connectivity index (χ4v) is 2.14. The first-order chi connectivity index (χ1) is 10.5. The molecule has 1 atom stereocenters. The minimum absolute atomic E-state index is 0.00470. The maximum Gasteiger partial charge on any atom is 0.303 e. The summed E-state index contributed by atoms with van der Waals surface area (Å²) in [6, 6.07) is 3.17. The molecular weight excluding hydrogens is 290 g/mol. The Bertz CT molecular complexity index is 554. The number of carboxylic acids is 1. The van der Waals surface area contributed by atoms with Crippen molar-refractivity contribution in [1.82, 2.24) is 5.32 Å². The molecule has 22 heavy (non-hydrogen) atoms. The molecular formula is C15H19NO6. The third kappa shape index (κ3) is 3.81. The second kappa shape index (κ2) is 7.02. The number of benzene rings is 1. The van der Waals surface area contributed by atoms with E-state index in [4.69, 9.17) is 19.3 Å². The number of hydrogen-bond acceptors (Lipinski definition) is 5. The molecule has 1 heterocycles. The van der Waals surface area contributed by atoms with E-state index in [0.29, 0.717) is 36.0 Å². The first-order valence-corrected chi connectivity index (χ1v) is 6.99. The Morgan fingerprint density at radius 2 is 2.09 bits per heavy atom. The second-order valence-electron chi connectivity index (χ2n) is 5.12. The van der Waals surface area contributed by atoms with Gasteiger partial charge in [0.2, 0.25) is 5.75 Å². The van der Waals surface area contributed by atoms with Crippen molar-refractivity contribution in [3.05, 3.63) is 17.7 Å². The lowest BCUT2D eigenvalue weighted by Gasteiger charge is -2.21. The molecule has 0 spiro atoms. The number of carbonyl (C=O) groups is 2. The van der Waals surface area contributed by atoms with Crippen LogP contribution in [0.15, 0.2) is 12.1 Å². The summed E-state index contributed by atoms with van der Waals surface area (Å²) in [5, 5.41) is 11.4. The summed E-state index contributed by atoms with van der Waals surface area (Å²) < 4.78 is 16.2. The predicted molar refractivity (Wildman–Crippen MR) is 77.7 cm³/mol. The molecule has 0 saturated heterocycles. The van der Waals surface area contributed by atoms with Crippen LogP contribution in [0.1, 0.15) is 23.7 Å². The van der Waals surface area contributed by atoms with Gasteiger partial charge >= 0.3 is 5.97 Å². The molecule has 0 radical (unpaired) electrons. The average Bonchev–Trinajstić information content (AvgIpc) is 2.50. The van der Waals surface area contributed by atoms with E-state index in [2.05, 4.69) is 5.32 Å². The molecule has 7 nitrogen and oxygen atoms in total. The number of hydrogen-bond donors (Lipinski definition) is 2. The van der Waals surface area contributed by atoms with Gasteiger partial charge in [-0.1, -0.05) is 6.92 Å². The zero-order valence-corrected chi connectivity index (χ0v) is 12.5. The quantitative estimate of drug-likeness (QED) is 0.823. The summed E-state index contributed by atoms with van der Waals surface area (Å²) >= 11 is 0. The SMILES string of the molecule is COc1cc(C(=O)NCC(C)CC(=O)O)cc2c1OCCO2. The van der Waals surface area contributed by atoms with E-state index >= 15 is 0 Å². The second-order valence-corrected chi connectivity index (χ2v) is 5.12. The number of rotatable bonds is 6. The van der Waals surface area contributed by atoms with Gasteiger partial charge in [0.05, 0.1) is 7.11 Å². The number of fused-ring (bicyclic) bond motifs is 1. The van der Waals surface area contributed by atoms with E-state index in [1.54, 1.807) is 19.1 Å². The number of carboxylic acid groups (broad SMARTS) is 1. The first kappa shape index (κ1) is 15.9. The van der Waals surface area contributed by atoms with Gasteiger partial charge in [0.1, 0.15) is 13.2 Å². The van der Waals surface area contributed by atoms with E-state index in [1.807, 2.05) is 0 Å². The molecule has 1 amide bonds. The van der Waals surface area contributed by atoms with Crippen LogP contribution < -0.4 is 19.5 Å². The molecule has 1 aliphatic heterocycles. The van der Waals surface area contributed by atoms with Crippen LogP contribution in [-0.4, -0.2) is 43.9 Å². The maximum atomic E-state index is 12.2. The summed E-state index contributed by atoms with van der Waals surface area (Å²) in [7, 11) is 1.49. The van der Waals surface area contributed by atoms with Gasteiger partial charge in [0.25, 0.3) is 5.91 Å². The molecule has 2 N–H and O–H groups in total. The number of ether oxygens (including phenoxy) is 3. The highest BCUT2D eigenvalue weighted by Crippen LogP contribution is 2.40. The third-order valence-electron chi connectivity index (χ3n) is 3.22. The summed E-state index contributed by atoms with van der Waals surface area (Å²) in [5.74, 6) is 0.0376. The van der Waals surface area contributed by atoms with Gasteiger partial charge in [-0.05, 0) is 18.1 Å². The zero-order chi connectivity index (χ0) is 16.1. The van der Waals surface area contributed by atoms with Gasteiger partial charge in [-0.3, -0.25) is 9.59 Å². The van der Waals surface area contributed by atoms with Gasteiger partial charge < -0.3 is 24.6 Å². The van der Waals surface area contributed by atoms with Crippen molar-refractivity contribution in [1.29, 1.82) is 0 Å². The van der Waals surface area contributed by atoms with Crippen LogP contribution in [0.2, 0.25) is 0 Å². The van der Waals surface area contributed by atoms with E-state index in [9.17, 15) is 9.59 Å². The van der Waals surface area contributed by atoms with Gasteiger partial charge in [0, 0.05) is 18.5 Å². The first-order valence-electron chi connectivity index (χ1n) is 6.99. The normalized spacial score (nSPS) is 14.1. The minimum atomic E-state index is -0.886. The van der Waals surface area contributed by atoms with E-state index in [1.165, 1.54) is 7.11 Å². The lowest BCUT2D eigenvalue weighted by molar-refractivity contribution is -0.137. The maximum absolute atomic E-state index is 12.2. The highest BCUT2D eigenvalue weighted by atomic mass is 16.6. The Labute approximate surface area is 128 Å². The largest absolute Gasteiger partial charge is 0.493 e. The Morgan fingerprint density at radius 1 is 1.36 bits per heavy atom. The minimum Gasteiger partial charge on any atom is -0.493 e. The van der Waals surface area contributed by atoms with Crippen LogP contribution >= 0.6 is 0 Å². The fourth-order valence-electron chi connectivity index (χ4n) is 2.14. The molecule has 0 bridgehead atoms. The molecule has 0 fully saturated rings. The molecule has 1 aromatic carbocycles. The molecule has 1 aliphatic rings. The number of methoxy groups -OCH3 is 1. The monoisotopic (exact) mass is 309 g/mol. The summed E-state index contributed by atoms with van der Waals surface area (Å²) in [4.78, 5) is 22.8. The topological polar surface area (TPSA) is 94.1 Å². The number of amides is 1. The molecule has 0 aromatic heterocycles. The van der Waals surface area contributed by atoms with Crippen LogP contribution in [0.4, 0.5) is 0 Å². The van der Waals surface area contributed by atoms with E-state index in [0.717, 1.165) is 0 Å². The molecule has 120 valence electrons. The number of carbonyl (C=O) groups excluding carboxylic acids is 1. The smallest absolute Gasteiger partial charge is 0.303 e. The Kier molecular flexibility index (Phi) is 5.08. The standard InChI is InChI=1S/C15H19NO6/c1-9(5-13(17)18)8-16-15(19)10-6-11(20-2)14-12(7-10)21-3-4-22-14/h6-7,9H,3-5,8H2,1-2H3,(H,16,19)(H,17,18). The van der Waals surface area contributed by atoms with Crippen molar-refractivity contribution >= 4 is 11.9 Å². The highest BCUT2D eigenvalue weighted by Gasteiger charge is 2.21. The van der Waals surface area contributed by atoms with E-state index < -0.39 is 5.97 Å². The van der Waals surface area contributed by atoms with Crippen LogP contribution in [0.25, 0.3) is 0 Å². The van der Waals surface area contributed by atoms with Crippen LogP contribution in [0.5, 0.6) is 17.2 Å². The lowest BCUT2D eigenvalue weighted by atomic mass is 10.1. The summed E-state index contributed by atoms with van der Waals surface area (Å²) in [6.07, 6.45) is 0.00470. The van der Waals surface area contributed by atoms with Crippen molar-refractivity contribution in [2.45, 2.75) is 13.3 Å². The van der Waals surface area contributed by atoms with Gasteiger partial charge in [-0.15, -0.1) is 0 Å². The van der Waals surface area contributed by atoms with Crippen LogP contribution in [-0.2, 0) is 4.79 Å². The van der Waals surface area contributed by atoms with Crippen LogP contribution in [0, 0.1) is 5.92 Å². The van der Waals surface area contributed by atoms with Gasteiger partial charge in [0.15, 0.2) is 11.5 Å². The molecule has 0 aliphatic carbocycles. The Morgan fingerprint density at radius 3 is 2.77 bits per heavy atom. The molecule has 7 heteroatoms. The Hall–Kier alpha value is -2.44. The third-order valence-corrected chi connectivity index (χ3v) is 3.22. The lowest BCUT2D eigenvalue weighted by Crippen LogP contribution is -2.29. The van der Waals surface area contributed by atoms with Crippen molar-refractivity contribution in [2.75, 3.05) is 26.9 Å². The number of nitrogens with one attached hydrogen (secondary N) is 1. The molecule has 0 saturated carbocycles. The summed E-state index contributed by atoms with van der Waals surface area (Å²) in [6.45, 7) is 2.89. The Balaban J connectivity index is 2.08. The zero-order valence-electron chi connectivity index (χ0n) is 12.5. The highest BCUT2D eigenvalue weighted by molar-refractivity contribution is 5.95. The average molecular weight is 309 g/mol. The van der Waals surface area contributed by atoms with Gasteiger partial charge in [-0.25, -0.2) is 0 Å². The van der Waals surface area contributed by atoms with E-state index in [-0.39, 0.29) is 24.8 Å². The van der Waals surface area contributed by atoms with Crippen molar-refractivity contribution in [2.24, 2.45) is 5.92 Å². The van der Waals surface area contributed by atoms with Crippen molar-refractivity contribution in [3.63, 3.8) is 0 Å². The summed E-state index contributed by atoms with van der Waals surface area (Å²) in [5.41, 5.74) is 0.378. The van der Waals surface area contributed by atoms with Crippen molar-refractivity contribution < 1.29 is 28.9 Å². The van der Waals surface area contributed by atoms with Gasteiger partial charge in [-0.2, -0.15) is 0 Å².